The quantitative estimate of drug-likeness (QED) is 0.270. The second kappa shape index (κ2) is 9.60. The molecule has 1 atom stereocenters. The Bertz CT molecular complexity index is 771. The summed E-state index contributed by atoms with van der Waals surface area (Å²) in [4.78, 5) is 0. The Kier molecular flexibility index (Phi) is 6.92. The van der Waals surface area contributed by atoms with Crippen molar-refractivity contribution in [2.45, 2.75) is 25.0 Å². The van der Waals surface area contributed by atoms with Gasteiger partial charge in [-0.15, -0.1) is 5.11 Å². The third-order valence-electron chi connectivity index (χ3n) is 4.22. The summed E-state index contributed by atoms with van der Waals surface area (Å²) in [5.41, 5.74) is 2.51. The maximum atomic E-state index is 6.17. The van der Waals surface area contributed by atoms with Crippen LogP contribution >= 0.6 is 15.9 Å². The molecule has 0 saturated heterocycles. The molecule has 2 aromatic carbocycles. The van der Waals surface area contributed by atoms with Crippen molar-refractivity contribution in [2.75, 3.05) is 11.9 Å². The lowest BCUT2D eigenvalue weighted by Crippen LogP contribution is -2.29. The maximum absolute atomic E-state index is 6.17. The van der Waals surface area contributed by atoms with Gasteiger partial charge in [0.15, 0.2) is 0 Å². The molecule has 0 heterocycles. The zero-order valence-corrected chi connectivity index (χ0v) is 16.3. The summed E-state index contributed by atoms with van der Waals surface area (Å²) < 4.78 is 6.17. The smallest absolute Gasteiger partial charge is 0.201 e. The Morgan fingerprint density at radius 1 is 0.962 bits per heavy atom. The number of ether oxygens (including phenoxy) is 1. The van der Waals surface area contributed by atoms with Gasteiger partial charge in [-0.25, -0.2) is 0 Å². The Morgan fingerprint density at radius 3 is 2.35 bits per heavy atom. The van der Waals surface area contributed by atoms with Crippen LogP contribution in [-0.2, 0) is 4.74 Å². The lowest BCUT2D eigenvalue weighted by molar-refractivity contribution is -0.00644. The van der Waals surface area contributed by atoms with Gasteiger partial charge < -0.3 is 4.74 Å². The van der Waals surface area contributed by atoms with Crippen molar-refractivity contribution < 1.29 is 4.74 Å². The molecule has 1 unspecified atom stereocenters. The topological polar surface area (TPSA) is 34.0 Å². The lowest BCUT2D eigenvalue weighted by atomic mass is 9.95. The molecule has 134 valence electrons. The lowest BCUT2D eigenvalue weighted by Gasteiger charge is -2.27. The van der Waals surface area contributed by atoms with Crippen LogP contribution in [0.15, 0.2) is 89.1 Å². The van der Waals surface area contributed by atoms with Gasteiger partial charge in [0.25, 0.3) is 0 Å². The Hall–Kier alpha value is -2.04. The molecule has 0 bridgehead atoms. The highest BCUT2D eigenvalue weighted by molar-refractivity contribution is 9.09. The van der Waals surface area contributed by atoms with Crippen LogP contribution in [0.2, 0.25) is 0 Å². The summed E-state index contributed by atoms with van der Waals surface area (Å²) in [5, 5.41) is 9.97. The van der Waals surface area contributed by atoms with Crippen molar-refractivity contribution in [2.24, 2.45) is 10.2 Å². The minimum Gasteiger partial charge on any atom is -0.348 e. The number of hydrogen-bond donors (Lipinski definition) is 0. The SMILES string of the molecule is BrCCCCOC1(N=Nc2ccccc2)C=CC(c2ccccc2)=CC1. The van der Waals surface area contributed by atoms with Crippen molar-refractivity contribution in [3.63, 3.8) is 0 Å². The van der Waals surface area contributed by atoms with Crippen LogP contribution in [0.25, 0.3) is 5.57 Å². The predicted octanol–water partition coefficient (Wildman–Crippen LogP) is 6.70. The first-order valence-corrected chi connectivity index (χ1v) is 10.1. The van der Waals surface area contributed by atoms with Crippen LogP contribution in [0.3, 0.4) is 0 Å². The molecule has 1 aliphatic carbocycles. The summed E-state index contributed by atoms with van der Waals surface area (Å²) in [6.45, 7) is 0.665. The highest BCUT2D eigenvalue weighted by Crippen LogP contribution is 2.32. The maximum Gasteiger partial charge on any atom is 0.201 e. The molecule has 0 N–H and O–H groups in total. The van der Waals surface area contributed by atoms with Crippen LogP contribution in [-0.4, -0.2) is 17.7 Å². The summed E-state index contributed by atoms with van der Waals surface area (Å²) >= 11 is 3.46. The number of alkyl halides is 1. The van der Waals surface area contributed by atoms with E-state index >= 15 is 0 Å². The molecule has 0 fully saturated rings. The number of unbranched alkanes of at least 4 members (excludes halogenated alkanes) is 1. The van der Waals surface area contributed by atoms with E-state index in [1.54, 1.807) is 0 Å². The third kappa shape index (κ3) is 5.23. The molecule has 3 rings (SSSR count). The molecular formula is C22H23BrN2O. The summed E-state index contributed by atoms with van der Waals surface area (Å²) in [6, 6.07) is 20.2. The van der Waals surface area contributed by atoms with Crippen LogP contribution in [0.1, 0.15) is 24.8 Å². The zero-order chi connectivity index (χ0) is 18.1. The van der Waals surface area contributed by atoms with Crippen molar-refractivity contribution in [1.82, 2.24) is 0 Å². The van der Waals surface area contributed by atoms with Gasteiger partial charge in [0.05, 0.1) is 12.3 Å². The molecule has 3 nitrogen and oxygen atoms in total. The Labute approximate surface area is 163 Å². The number of nitrogens with zero attached hydrogens (tertiary/aromatic N) is 2. The molecule has 0 aliphatic heterocycles. The first-order valence-electron chi connectivity index (χ1n) is 8.94. The highest BCUT2D eigenvalue weighted by Gasteiger charge is 2.29. The van der Waals surface area contributed by atoms with Crippen molar-refractivity contribution >= 4 is 27.2 Å². The zero-order valence-electron chi connectivity index (χ0n) is 14.7. The van der Waals surface area contributed by atoms with Crippen molar-refractivity contribution in [3.05, 3.63) is 84.5 Å². The number of halogens is 1. The molecule has 0 aromatic heterocycles. The second-order valence-electron chi connectivity index (χ2n) is 6.19. The van der Waals surface area contributed by atoms with Crippen LogP contribution in [0.5, 0.6) is 0 Å². The molecule has 0 saturated carbocycles. The molecule has 26 heavy (non-hydrogen) atoms. The van der Waals surface area contributed by atoms with Crippen LogP contribution in [0, 0.1) is 0 Å². The van der Waals surface area contributed by atoms with Gasteiger partial charge in [0.2, 0.25) is 5.72 Å². The second-order valence-corrected chi connectivity index (χ2v) is 6.98. The highest BCUT2D eigenvalue weighted by atomic mass is 79.9. The summed E-state index contributed by atoms with van der Waals surface area (Å²) in [7, 11) is 0. The number of rotatable bonds is 8. The van der Waals surface area contributed by atoms with Crippen molar-refractivity contribution in [3.8, 4) is 0 Å². The van der Waals surface area contributed by atoms with Gasteiger partial charge in [-0.2, -0.15) is 5.11 Å². The van der Waals surface area contributed by atoms with Crippen LogP contribution < -0.4 is 0 Å². The van der Waals surface area contributed by atoms with E-state index < -0.39 is 5.72 Å². The molecule has 1 aliphatic rings. The largest absolute Gasteiger partial charge is 0.348 e. The predicted molar refractivity (Wildman–Crippen MR) is 111 cm³/mol. The van der Waals surface area contributed by atoms with E-state index in [2.05, 4.69) is 62.6 Å². The number of allylic oxidation sites excluding steroid dienone is 2. The van der Waals surface area contributed by atoms with E-state index in [4.69, 9.17) is 4.74 Å². The first-order chi connectivity index (χ1) is 12.8. The fourth-order valence-corrected chi connectivity index (χ4v) is 3.15. The van der Waals surface area contributed by atoms with E-state index in [1.165, 1.54) is 11.1 Å². The Morgan fingerprint density at radius 2 is 1.69 bits per heavy atom. The fourth-order valence-electron chi connectivity index (χ4n) is 2.75. The van der Waals surface area contributed by atoms with Gasteiger partial charge in [-0.1, -0.05) is 76.6 Å². The van der Waals surface area contributed by atoms with Gasteiger partial charge in [0.1, 0.15) is 0 Å². The van der Waals surface area contributed by atoms with Gasteiger partial charge in [-0.3, -0.25) is 0 Å². The van der Waals surface area contributed by atoms with Crippen LogP contribution in [0.4, 0.5) is 5.69 Å². The fraction of sp³-hybridized carbons (Fsp3) is 0.273. The normalized spacial score (nSPS) is 19.7. The Balaban J connectivity index is 1.76. The monoisotopic (exact) mass is 410 g/mol. The van der Waals surface area contributed by atoms with Gasteiger partial charge in [-0.05, 0) is 42.2 Å². The minimum atomic E-state index is -0.722. The average molecular weight is 411 g/mol. The average Bonchev–Trinajstić information content (AvgIpc) is 2.72. The van der Waals surface area contributed by atoms with E-state index in [9.17, 15) is 0 Å². The number of benzene rings is 2. The molecule has 4 heteroatoms. The molecule has 0 radical (unpaired) electrons. The van der Waals surface area contributed by atoms with Crippen molar-refractivity contribution in [1.29, 1.82) is 0 Å². The molecule has 0 spiro atoms. The standard InChI is InChI=1S/C22H23BrN2O/c23-17-7-8-18-26-22(25-24-21-11-5-2-6-12-21)15-13-20(14-16-22)19-9-3-1-4-10-19/h1-6,9-15H,7-8,16-18H2. The van der Waals surface area contributed by atoms with Gasteiger partial charge in [0, 0.05) is 11.8 Å². The number of azo groups is 1. The van der Waals surface area contributed by atoms with E-state index in [0.717, 1.165) is 23.9 Å². The molecular weight excluding hydrogens is 388 g/mol. The third-order valence-corrected chi connectivity index (χ3v) is 4.78. The summed E-state index contributed by atoms with van der Waals surface area (Å²) in [5.74, 6) is 0. The van der Waals surface area contributed by atoms with E-state index in [-0.39, 0.29) is 0 Å². The first kappa shape index (κ1) is 18.7. The number of hydrogen-bond acceptors (Lipinski definition) is 3. The van der Waals surface area contributed by atoms with E-state index in [1.807, 2.05) is 42.5 Å². The molecule has 2 aromatic rings. The van der Waals surface area contributed by atoms with Gasteiger partial charge >= 0.3 is 0 Å². The summed E-state index contributed by atoms with van der Waals surface area (Å²) in [6.07, 6.45) is 9.07. The minimum absolute atomic E-state index is 0.665. The van der Waals surface area contributed by atoms with E-state index in [0.29, 0.717) is 13.0 Å². The molecule has 0 amide bonds.